The number of aliphatic hydroxyl groups excluding tert-OH is 1. The molecule has 2 aromatic rings. The second-order valence-electron chi connectivity index (χ2n) is 4.53. The quantitative estimate of drug-likeness (QED) is 0.778. The fourth-order valence-corrected chi connectivity index (χ4v) is 2.93. The normalized spacial score (nSPS) is 11.1. The minimum Gasteiger partial charge on any atom is -0.392 e. The SMILES string of the molecule is OC(Cc1ccc(Cl)cc1Cl)Cc1ccc(Cl)cc1Cl. The molecule has 0 fully saturated rings. The van der Waals surface area contributed by atoms with Crippen LogP contribution in [0.2, 0.25) is 20.1 Å². The van der Waals surface area contributed by atoms with Gasteiger partial charge in [-0.05, 0) is 35.4 Å². The highest BCUT2D eigenvalue weighted by Crippen LogP contribution is 2.25. The van der Waals surface area contributed by atoms with Crippen LogP contribution < -0.4 is 0 Å². The third-order valence-corrected chi connectivity index (χ3v) is 4.12. The van der Waals surface area contributed by atoms with Gasteiger partial charge in [-0.15, -0.1) is 0 Å². The van der Waals surface area contributed by atoms with Gasteiger partial charge in [0.15, 0.2) is 0 Å². The summed E-state index contributed by atoms with van der Waals surface area (Å²) >= 11 is 23.9. The summed E-state index contributed by atoms with van der Waals surface area (Å²) < 4.78 is 0. The average molecular weight is 350 g/mol. The second kappa shape index (κ2) is 7.02. The molecule has 106 valence electrons. The molecular formula is C15H12Cl4O. The summed E-state index contributed by atoms with van der Waals surface area (Å²) in [5, 5.41) is 12.4. The molecule has 0 aromatic heterocycles. The maximum absolute atomic E-state index is 10.2. The van der Waals surface area contributed by atoms with E-state index in [0.29, 0.717) is 32.9 Å². The van der Waals surface area contributed by atoms with Crippen molar-refractivity contribution in [3.63, 3.8) is 0 Å². The third kappa shape index (κ3) is 4.28. The lowest BCUT2D eigenvalue weighted by atomic mass is 10.0. The van der Waals surface area contributed by atoms with E-state index in [2.05, 4.69) is 0 Å². The molecule has 0 aliphatic carbocycles. The summed E-state index contributed by atoms with van der Waals surface area (Å²) in [6.07, 6.45) is 0.302. The van der Waals surface area contributed by atoms with Gasteiger partial charge in [0.25, 0.3) is 0 Å². The second-order valence-corrected chi connectivity index (χ2v) is 6.22. The number of rotatable bonds is 4. The molecule has 0 bridgehead atoms. The first-order valence-electron chi connectivity index (χ1n) is 6.01. The molecule has 0 aliphatic heterocycles. The molecule has 0 spiro atoms. The van der Waals surface area contributed by atoms with Gasteiger partial charge in [0, 0.05) is 32.9 Å². The van der Waals surface area contributed by atoms with Crippen molar-refractivity contribution in [2.45, 2.75) is 18.9 Å². The zero-order chi connectivity index (χ0) is 14.7. The summed E-state index contributed by atoms with van der Waals surface area (Å²) in [7, 11) is 0. The smallest absolute Gasteiger partial charge is 0.0621 e. The van der Waals surface area contributed by atoms with E-state index in [-0.39, 0.29) is 0 Å². The largest absolute Gasteiger partial charge is 0.392 e. The van der Waals surface area contributed by atoms with Crippen LogP contribution in [-0.2, 0) is 12.8 Å². The highest BCUT2D eigenvalue weighted by Gasteiger charge is 2.12. The van der Waals surface area contributed by atoms with Crippen molar-refractivity contribution >= 4 is 46.4 Å². The van der Waals surface area contributed by atoms with Gasteiger partial charge in [-0.3, -0.25) is 0 Å². The first-order chi connectivity index (χ1) is 9.45. The fraction of sp³-hybridized carbons (Fsp3) is 0.200. The van der Waals surface area contributed by atoms with Crippen molar-refractivity contribution in [2.75, 3.05) is 0 Å². The molecule has 0 aliphatic rings. The Balaban J connectivity index is 2.07. The van der Waals surface area contributed by atoms with Crippen LogP contribution in [0, 0.1) is 0 Å². The van der Waals surface area contributed by atoms with Crippen LogP contribution in [0.3, 0.4) is 0 Å². The van der Waals surface area contributed by atoms with Crippen molar-refractivity contribution in [1.29, 1.82) is 0 Å². The van der Waals surface area contributed by atoms with Crippen LogP contribution in [0.25, 0.3) is 0 Å². The molecule has 0 heterocycles. The van der Waals surface area contributed by atoms with E-state index < -0.39 is 6.10 Å². The van der Waals surface area contributed by atoms with E-state index in [4.69, 9.17) is 46.4 Å². The van der Waals surface area contributed by atoms with Crippen molar-refractivity contribution < 1.29 is 5.11 Å². The highest BCUT2D eigenvalue weighted by molar-refractivity contribution is 6.35. The monoisotopic (exact) mass is 348 g/mol. The number of hydrogen-bond donors (Lipinski definition) is 1. The van der Waals surface area contributed by atoms with Crippen LogP contribution in [0.5, 0.6) is 0 Å². The molecule has 0 radical (unpaired) electrons. The number of hydrogen-bond acceptors (Lipinski definition) is 1. The van der Waals surface area contributed by atoms with Crippen LogP contribution in [0.1, 0.15) is 11.1 Å². The maximum Gasteiger partial charge on any atom is 0.0621 e. The van der Waals surface area contributed by atoms with E-state index in [0.717, 1.165) is 11.1 Å². The third-order valence-electron chi connectivity index (χ3n) is 2.94. The van der Waals surface area contributed by atoms with Gasteiger partial charge >= 0.3 is 0 Å². The van der Waals surface area contributed by atoms with Crippen molar-refractivity contribution in [1.82, 2.24) is 0 Å². The Morgan fingerprint density at radius 1 is 0.750 bits per heavy atom. The predicted molar refractivity (Wildman–Crippen MR) is 86.3 cm³/mol. The number of halogens is 4. The van der Waals surface area contributed by atoms with Crippen LogP contribution in [-0.4, -0.2) is 11.2 Å². The topological polar surface area (TPSA) is 20.2 Å². The Bertz CT molecular complexity index is 559. The number of benzene rings is 2. The zero-order valence-electron chi connectivity index (χ0n) is 10.4. The molecule has 0 saturated carbocycles. The maximum atomic E-state index is 10.2. The van der Waals surface area contributed by atoms with Gasteiger partial charge in [0.05, 0.1) is 6.10 Å². The minimum absolute atomic E-state index is 0.439. The summed E-state index contributed by atoms with van der Waals surface area (Å²) in [4.78, 5) is 0. The molecule has 5 heteroatoms. The first kappa shape index (κ1) is 15.9. The van der Waals surface area contributed by atoms with Crippen molar-refractivity contribution in [2.24, 2.45) is 0 Å². The van der Waals surface area contributed by atoms with E-state index in [1.165, 1.54) is 0 Å². The van der Waals surface area contributed by atoms with Gasteiger partial charge in [-0.2, -0.15) is 0 Å². The van der Waals surface area contributed by atoms with Gasteiger partial charge in [0.1, 0.15) is 0 Å². The van der Waals surface area contributed by atoms with E-state index >= 15 is 0 Å². The van der Waals surface area contributed by atoms with E-state index in [1.807, 2.05) is 12.1 Å². The van der Waals surface area contributed by atoms with Crippen LogP contribution in [0.15, 0.2) is 36.4 Å². The molecule has 20 heavy (non-hydrogen) atoms. The lowest BCUT2D eigenvalue weighted by Crippen LogP contribution is -2.14. The lowest BCUT2D eigenvalue weighted by Gasteiger charge is -2.13. The van der Waals surface area contributed by atoms with Gasteiger partial charge in [0.2, 0.25) is 0 Å². The molecule has 0 saturated heterocycles. The van der Waals surface area contributed by atoms with Crippen molar-refractivity contribution in [3.8, 4) is 0 Å². The summed E-state index contributed by atoms with van der Waals surface area (Å²) in [5.74, 6) is 0. The Hall–Kier alpha value is -0.440. The molecule has 1 N–H and O–H groups in total. The highest BCUT2D eigenvalue weighted by atomic mass is 35.5. The first-order valence-corrected chi connectivity index (χ1v) is 7.53. The molecule has 0 amide bonds. The number of aliphatic hydroxyl groups is 1. The Kier molecular flexibility index (Phi) is 5.59. The Labute approximate surface area is 138 Å². The van der Waals surface area contributed by atoms with Gasteiger partial charge in [-0.1, -0.05) is 58.5 Å². The van der Waals surface area contributed by atoms with E-state index in [1.54, 1.807) is 24.3 Å². The summed E-state index contributed by atoms with van der Waals surface area (Å²) in [5.41, 5.74) is 1.71. The van der Waals surface area contributed by atoms with Crippen LogP contribution in [0.4, 0.5) is 0 Å². The lowest BCUT2D eigenvalue weighted by molar-refractivity contribution is 0.175. The molecule has 0 atom stereocenters. The molecule has 1 nitrogen and oxygen atoms in total. The summed E-state index contributed by atoms with van der Waals surface area (Å²) in [6.45, 7) is 0. The molecule has 0 unspecified atom stereocenters. The Morgan fingerprint density at radius 3 is 1.50 bits per heavy atom. The van der Waals surface area contributed by atoms with Gasteiger partial charge < -0.3 is 5.11 Å². The Morgan fingerprint density at radius 2 is 1.15 bits per heavy atom. The zero-order valence-corrected chi connectivity index (χ0v) is 13.4. The summed E-state index contributed by atoms with van der Waals surface area (Å²) in [6, 6.07) is 10.5. The molecular weight excluding hydrogens is 338 g/mol. The van der Waals surface area contributed by atoms with Gasteiger partial charge in [-0.25, -0.2) is 0 Å². The average Bonchev–Trinajstić information content (AvgIpc) is 2.36. The molecule has 2 aromatic carbocycles. The van der Waals surface area contributed by atoms with E-state index in [9.17, 15) is 5.11 Å². The van der Waals surface area contributed by atoms with Crippen molar-refractivity contribution in [3.05, 3.63) is 67.6 Å². The minimum atomic E-state index is -0.577. The van der Waals surface area contributed by atoms with Crippen LogP contribution >= 0.6 is 46.4 Å². The predicted octanol–water partition coefficient (Wildman–Crippen LogP) is 5.45. The fourth-order valence-electron chi connectivity index (χ4n) is 1.95. The molecule has 2 rings (SSSR count). The standard InChI is InChI=1S/C15H12Cl4O/c16-11-3-1-9(14(18)7-11)5-13(20)6-10-2-4-12(17)8-15(10)19/h1-4,7-8,13,20H,5-6H2.